The lowest BCUT2D eigenvalue weighted by molar-refractivity contribution is -0.150. The summed E-state index contributed by atoms with van der Waals surface area (Å²) in [7, 11) is 0. The predicted molar refractivity (Wildman–Crippen MR) is 255 cm³/mol. The fraction of sp³-hybridized carbons (Fsp3) is 0.963. The number of esters is 2. The summed E-state index contributed by atoms with van der Waals surface area (Å²) >= 11 is 0. The Hall–Kier alpha value is -1.06. The van der Waals surface area contributed by atoms with Gasteiger partial charge in [-0.2, -0.15) is 0 Å². The van der Waals surface area contributed by atoms with Crippen molar-refractivity contribution < 1.29 is 19.1 Å². The molecule has 0 spiro atoms. The smallest absolute Gasteiger partial charge is 0.308 e. The molecule has 58 heavy (non-hydrogen) atoms. The molecule has 0 aromatic carbocycles. The molecule has 0 heterocycles. The second kappa shape index (κ2) is 48.6. The van der Waals surface area contributed by atoms with Crippen molar-refractivity contribution in [3.05, 3.63) is 0 Å². The Morgan fingerprint density at radius 3 is 0.638 bits per heavy atom. The van der Waals surface area contributed by atoms with Crippen molar-refractivity contribution in [1.29, 1.82) is 0 Å². The quantitative estimate of drug-likeness (QED) is 0.0453. The molecule has 0 aromatic rings. The number of rotatable bonds is 49. The van der Waals surface area contributed by atoms with E-state index in [1.165, 1.54) is 244 Å². The first kappa shape index (κ1) is 56.9. The predicted octanol–water partition coefficient (Wildman–Crippen LogP) is 18.5. The van der Waals surface area contributed by atoms with Crippen LogP contribution in [0.2, 0.25) is 0 Å². The molecule has 0 fully saturated rings. The maximum Gasteiger partial charge on any atom is 0.308 e. The van der Waals surface area contributed by atoms with E-state index in [1.54, 1.807) is 0 Å². The van der Waals surface area contributed by atoms with Gasteiger partial charge < -0.3 is 9.47 Å². The van der Waals surface area contributed by atoms with Crippen molar-refractivity contribution in [3.8, 4) is 0 Å². The molecule has 0 radical (unpaired) electrons. The minimum atomic E-state index is 0.0944. The molecular weight excluding hydrogens is 713 g/mol. The second-order valence-electron chi connectivity index (χ2n) is 18.6. The van der Waals surface area contributed by atoms with Gasteiger partial charge in [0.25, 0.3) is 0 Å². The minimum Gasteiger partial charge on any atom is -0.465 e. The Morgan fingerprint density at radius 1 is 0.259 bits per heavy atom. The molecule has 0 saturated carbocycles. The average Bonchev–Trinajstić information content (AvgIpc) is 3.23. The SMILES string of the molecule is CCCCCCCCC(CCCCCCC)C(=O)OCCCCCCCCCCCCCCCCCCCCOC(=O)C(CCCCCCC)CCCCCCCC. The van der Waals surface area contributed by atoms with E-state index in [0.717, 1.165) is 38.5 Å². The van der Waals surface area contributed by atoms with Crippen LogP contribution in [0, 0.1) is 11.8 Å². The van der Waals surface area contributed by atoms with Crippen molar-refractivity contribution in [3.63, 3.8) is 0 Å². The monoisotopic (exact) mass is 819 g/mol. The molecular formula is C54H106O4. The van der Waals surface area contributed by atoms with Crippen LogP contribution in [0.1, 0.15) is 310 Å². The number of hydrogen-bond donors (Lipinski definition) is 0. The molecule has 0 aliphatic rings. The first-order valence-electron chi connectivity index (χ1n) is 26.9. The number of carbonyl (C=O) groups is 2. The zero-order valence-electron chi connectivity index (χ0n) is 40.3. The first-order chi connectivity index (χ1) is 28.6. The van der Waals surface area contributed by atoms with Crippen LogP contribution in [0.15, 0.2) is 0 Å². The fourth-order valence-corrected chi connectivity index (χ4v) is 8.70. The van der Waals surface area contributed by atoms with Crippen LogP contribution in [0.3, 0.4) is 0 Å². The van der Waals surface area contributed by atoms with E-state index in [1.807, 2.05) is 0 Å². The Labute approximate surface area is 365 Å². The number of carbonyl (C=O) groups excluding carboxylic acids is 2. The van der Waals surface area contributed by atoms with Gasteiger partial charge in [-0.05, 0) is 38.5 Å². The van der Waals surface area contributed by atoms with E-state index in [-0.39, 0.29) is 23.8 Å². The average molecular weight is 819 g/mol. The number of unbranched alkanes of at least 4 members (excludes halogenated alkanes) is 35. The van der Waals surface area contributed by atoms with Crippen molar-refractivity contribution in [2.45, 2.75) is 310 Å². The lowest BCUT2D eigenvalue weighted by Gasteiger charge is -2.16. The molecule has 2 unspecified atom stereocenters. The van der Waals surface area contributed by atoms with E-state index >= 15 is 0 Å². The van der Waals surface area contributed by atoms with E-state index < -0.39 is 0 Å². The molecule has 0 aliphatic carbocycles. The minimum absolute atomic E-state index is 0.0944. The lowest BCUT2D eigenvalue weighted by atomic mass is 9.94. The normalized spacial score (nSPS) is 12.6. The van der Waals surface area contributed by atoms with Gasteiger partial charge in [0.15, 0.2) is 0 Å². The summed E-state index contributed by atoms with van der Waals surface area (Å²) in [6, 6.07) is 0. The van der Waals surface area contributed by atoms with Gasteiger partial charge >= 0.3 is 11.9 Å². The summed E-state index contributed by atoms with van der Waals surface area (Å²) in [6.07, 6.45) is 55.8. The van der Waals surface area contributed by atoms with E-state index in [0.29, 0.717) is 13.2 Å². The Bertz CT molecular complexity index is 745. The van der Waals surface area contributed by atoms with Gasteiger partial charge in [0.2, 0.25) is 0 Å². The van der Waals surface area contributed by atoms with Crippen molar-refractivity contribution in [2.75, 3.05) is 13.2 Å². The van der Waals surface area contributed by atoms with Gasteiger partial charge in [-0.25, -0.2) is 0 Å². The highest BCUT2D eigenvalue weighted by Gasteiger charge is 2.20. The molecule has 4 nitrogen and oxygen atoms in total. The Morgan fingerprint density at radius 2 is 0.431 bits per heavy atom. The second-order valence-corrected chi connectivity index (χ2v) is 18.6. The molecule has 346 valence electrons. The van der Waals surface area contributed by atoms with Crippen LogP contribution >= 0.6 is 0 Å². The molecule has 0 rings (SSSR count). The third-order valence-electron chi connectivity index (χ3n) is 12.8. The largest absolute Gasteiger partial charge is 0.465 e. The Kier molecular flexibility index (Phi) is 47.7. The zero-order valence-corrected chi connectivity index (χ0v) is 40.3. The van der Waals surface area contributed by atoms with Gasteiger partial charge in [0, 0.05) is 0 Å². The van der Waals surface area contributed by atoms with Crippen molar-refractivity contribution in [1.82, 2.24) is 0 Å². The molecule has 0 saturated heterocycles. The highest BCUT2D eigenvalue weighted by Crippen LogP contribution is 2.23. The number of hydrogen-bond acceptors (Lipinski definition) is 4. The summed E-state index contributed by atoms with van der Waals surface area (Å²) in [5.41, 5.74) is 0. The van der Waals surface area contributed by atoms with Crippen LogP contribution in [-0.4, -0.2) is 25.2 Å². The molecule has 0 aliphatic heterocycles. The third kappa shape index (κ3) is 41.7. The summed E-state index contributed by atoms with van der Waals surface area (Å²) in [4.78, 5) is 25.8. The summed E-state index contributed by atoms with van der Waals surface area (Å²) < 4.78 is 11.6. The highest BCUT2D eigenvalue weighted by atomic mass is 16.5. The standard InChI is InChI=1S/C54H106O4/c1-5-9-13-17-35-41-47-51(45-39-33-15-11-7-3)53(55)57-49-43-37-31-29-27-25-23-21-19-20-22-24-26-28-30-32-38-44-50-58-54(56)52(46-40-34-16-12-8-4)48-42-36-18-14-10-6-2/h51-52H,5-50H2,1-4H3. The summed E-state index contributed by atoms with van der Waals surface area (Å²) in [5.74, 6) is 0.451. The summed E-state index contributed by atoms with van der Waals surface area (Å²) in [6.45, 7) is 10.3. The molecule has 0 amide bonds. The Balaban J connectivity index is 3.72. The highest BCUT2D eigenvalue weighted by molar-refractivity contribution is 5.72. The molecule has 0 aromatic heterocycles. The van der Waals surface area contributed by atoms with Crippen LogP contribution in [0.25, 0.3) is 0 Å². The molecule has 2 atom stereocenters. The molecule has 0 N–H and O–H groups in total. The van der Waals surface area contributed by atoms with E-state index in [9.17, 15) is 9.59 Å². The maximum atomic E-state index is 12.9. The topological polar surface area (TPSA) is 52.6 Å². The third-order valence-corrected chi connectivity index (χ3v) is 12.8. The van der Waals surface area contributed by atoms with E-state index in [4.69, 9.17) is 9.47 Å². The van der Waals surface area contributed by atoms with Gasteiger partial charge in [-0.1, -0.05) is 272 Å². The van der Waals surface area contributed by atoms with Gasteiger partial charge in [-0.3, -0.25) is 9.59 Å². The summed E-state index contributed by atoms with van der Waals surface area (Å²) in [5, 5.41) is 0. The maximum absolute atomic E-state index is 12.9. The van der Waals surface area contributed by atoms with E-state index in [2.05, 4.69) is 27.7 Å². The first-order valence-corrected chi connectivity index (χ1v) is 26.9. The van der Waals surface area contributed by atoms with Crippen molar-refractivity contribution in [2.24, 2.45) is 11.8 Å². The van der Waals surface area contributed by atoms with Gasteiger partial charge in [-0.15, -0.1) is 0 Å². The van der Waals surface area contributed by atoms with Crippen molar-refractivity contribution >= 4 is 11.9 Å². The van der Waals surface area contributed by atoms with Gasteiger partial charge in [0.05, 0.1) is 25.0 Å². The van der Waals surface area contributed by atoms with Crippen LogP contribution < -0.4 is 0 Å². The van der Waals surface area contributed by atoms with Crippen LogP contribution in [0.4, 0.5) is 0 Å². The van der Waals surface area contributed by atoms with Crippen LogP contribution in [0.5, 0.6) is 0 Å². The fourth-order valence-electron chi connectivity index (χ4n) is 8.70. The van der Waals surface area contributed by atoms with Gasteiger partial charge in [0.1, 0.15) is 0 Å². The number of ether oxygens (including phenoxy) is 2. The molecule has 4 heteroatoms. The lowest BCUT2D eigenvalue weighted by Crippen LogP contribution is -2.18. The zero-order chi connectivity index (χ0) is 42.3. The molecule has 0 bridgehead atoms. The van der Waals surface area contributed by atoms with Crippen LogP contribution in [-0.2, 0) is 19.1 Å².